The molecule has 0 spiro atoms. The van der Waals surface area contributed by atoms with Gasteiger partial charge in [-0.25, -0.2) is 0 Å². The van der Waals surface area contributed by atoms with Crippen LogP contribution in [0.1, 0.15) is 18.9 Å². The minimum Gasteiger partial charge on any atom is -0.314 e. The fourth-order valence-electron chi connectivity index (χ4n) is 1.44. The van der Waals surface area contributed by atoms with Gasteiger partial charge in [0.25, 0.3) is 0 Å². The standard InChI is InChI=1S/C13H19N/c1-3-7-12(2)14-11-10-13-8-5-4-6-9-13/h3-6,8-9,12,14H,1,7,10-11H2,2H3. The lowest BCUT2D eigenvalue weighted by molar-refractivity contribution is 0.556. The molecule has 1 aromatic rings. The molecule has 0 saturated carbocycles. The number of hydrogen-bond donors (Lipinski definition) is 1. The molecule has 1 aromatic carbocycles. The lowest BCUT2D eigenvalue weighted by atomic mass is 10.1. The normalized spacial score (nSPS) is 12.4. The largest absolute Gasteiger partial charge is 0.314 e. The Morgan fingerprint density at radius 2 is 2.07 bits per heavy atom. The molecule has 0 aliphatic rings. The van der Waals surface area contributed by atoms with Crippen LogP contribution in [0.3, 0.4) is 0 Å². The van der Waals surface area contributed by atoms with Gasteiger partial charge in [0.2, 0.25) is 0 Å². The summed E-state index contributed by atoms with van der Waals surface area (Å²) in [6, 6.07) is 11.1. The molecule has 0 heterocycles. The van der Waals surface area contributed by atoms with Crippen LogP contribution in [0.25, 0.3) is 0 Å². The van der Waals surface area contributed by atoms with E-state index in [1.165, 1.54) is 5.56 Å². The molecular weight excluding hydrogens is 170 g/mol. The Morgan fingerprint density at radius 1 is 1.36 bits per heavy atom. The molecule has 0 fully saturated rings. The zero-order valence-corrected chi connectivity index (χ0v) is 8.87. The second-order valence-corrected chi connectivity index (χ2v) is 3.62. The highest BCUT2D eigenvalue weighted by molar-refractivity contribution is 5.14. The van der Waals surface area contributed by atoms with Gasteiger partial charge in [0.05, 0.1) is 0 Å². The van der Waals surface area contributed by atoms with E-state index in [0.29, 0.717) is 6.04 Å². The van der Waals surface area contributed by atoms with Crippen LogP contribution in [0.2, 0.25) is 0 Å². The van der Waals surface area contributed by atoms with Gasteiger partial charge in [-0.3, -0.25) is 0 Å². The van der Waals surface area contributed by atoms with Crippen molar-refractivity contribution in [1.82, 2.24) is 5.32 Å². The molecule has 0 radical (unpaired) electrons. The molecule has 14 heavy (non-hydrogen) atoms. The number of hydrogen-bond acceptors (Lipinski definition) is 1. The summed E-state index contributed by atoms with van der Waals surface area (Å²) in [4.78, 5) is 0. The average molecular weight is 189 g/mol. The molecule has 1 heteroatoms. The fourth-order valence-corrected chi connectivity index (χ4v) is 1.44. The Labute approximate surface area is 86.8 Å². The molecule has 1 nitrogen and oxygen atoms in total. The topological polar surface area (TPSA) is 12.0 Å². The van der Waals surface area contributed by atoms with E-state index in [-0.39, 0.29) is 0 Å². The van der Waals surface area contributed by atoms with Crippen molar-refractivity contribution in [3.63, 3.8) is 0 Å². The Hall–Kier alpha value is -1.08. The van der Waals surface area contributed by atoms with E-state index in [0.717, 1.165) is 19.4 Å². The summed E-state index contributed by atoms with van der Waals surface area (Å²) in [5.74, 6) is 0. The number of rotatable bonds is 6. The van der Waals surface area contributed by atoms with Crippen molar-refractivity contribution in [2.45, 2.75) is 25.8 Å². The quantitative estimate of drug-likeness (QED) is 0.678. The van der Waals surface area contributed by atoms with Gasteiger partial charge in [0.1, 0.15) is 0 Å². The maximum absolute atomic E-state index is 3.73. The van der Waals surface area contributed by atoms with Crippen LogP contribution in [0.4, 0.5) is 0 Å². The molecule has 0 aliphatic carbocycles. The predicted octanol–water partition coefficient (Wildman–Crippen LogP) is 2.78. The van der Waals surface area contributed by atoms with Crippen molar-refractivity contribution in [3.05, 3.63) is 48.6 Å². The second kappa shape index (κ2) is 6.39. The summed E-state index contributed by atoms with van der Waals surface area (Å²) in [5, 5.41) is 3.46. The summed E-state index contributed by atoms with van der Waals surface area (Å²) in [5.41, 5.74) is 1.39. The predicted molar refractivity (Wildman–Crippen MR) is 62.4 cm³/mol. The van der Waals surface area contributed by atoms with Crippen LogP contribution in [0, 0.1) is 0 Å². The van der Waals surface area contributed by atoms with Crippen molar-refractivity contribution in [1.29, 1.82) is 0 Å². The molecule has 1 N–H and O–H groups in total. The minimum absolute atomic E-state index is 0.538. The summed E-state index contributed by atoms with van der Waals surface area (Å²) in [6.07, 6.45) is 4.09. The van der Waals surface area contributed by atoms with Crippen LogP contribution in [-0.2, 0) is 6.42 Å². The molecule has 76 valence electrons. The zero-order valence-electron chi connectivity index (χ0n) is 8.87. The Balaban J connectivity index is 2.18. The Bertz CT molecular complexity index is 253. The van der Waals surface area contributed by atoms with Gasteiger partial charge < -0.3 is 5.32 Å². The van der Waals surface area contributed by atoms with E-state index in [4.69, 9.17) is 0 Å². The summed E-state index contributed by atoms with van der Waals surface area (Å²) in [6.45, 7) is 6.95. The fraction of sp³-hybridized carbons (Fsp3) is 0.385. The summed E-state index contributed by atoms with van der Waals surface area (Å²) >= 11 is 0. The Kier molecular flexibility index (Phi) is 5.02. The first-order valence-electron chi connectivity index (χ1n) is 5.21. The van der Waals surface area contributed by atoms with Crippen LogP contribution in [0.15, 0.2) is 43.0 Å². The first kappa shape index (κ1) is 11.0. The van der Waals surface area contributed by atoms with E-state index < -0.39 is 0 Å². The molecule has 1 unspecified atom stereocenters. The van der Waals surface area contributed by atoms with Crippen LogP contribution < -0.4 is 5.32 Å². The average Bonchev–Trinajstić information content (AvgIpc) is 2.20. The first-order valence-corrected chi connectivity index (χ1v) is 5.21. The van der Waals surface area contributed by atoms with Gasteiger partial charge in [-0.2, -0.15) is 0 Å². The zero-order chi connectivity index (χ0) is 10.2. The van der Waals surface area contributed by atoms with Gasteiger partial charge in [0.15, 0.2) is 0 Å². The highest BCUT2D eigenvalue weighted by Gasteiger charge is 1.97. The highest BCUT2D eigenvalue weighted by atomic mass is 14.9. The summed E-state index contributed by atoms with van der Waals surface area (Å²) in [7, 11) is 0. The molecule has 1 atom stereocenters. The molecule has 1 rings (SSSR count). The third-order valence-corrected chi connectivity index (χ3v) is 2.27. The van der Waals surface area contributed by atoms with E-state index in [1.807, 2.05) is 6.08 Å². The highest BCUT2D eigenvalue weighted by Crippen LogP contribution is 1.99. The van der Waals surface area contributed by atoms with Crippen molar-refractivity contribution >= 4 is 0 Å². The monoisotopic (exact) mass is 189 g/mol. The van der Waals surface area contributed by atoms with Gasteiger partial charge in [-0.15, -0.1) is 6.58 Å². The van der Waals surface area contributed by atoms with Crippen LogP contribution >= 0.6 is 0 Å². The van der Waals surface area contributed by atoms with Gasteiger partial charge in [-0.05, 0) is 31.9 Å². The summed E-state index contributed by atoms with van der Waals surface area (Å²) < 4.78 is 0. The van der Waals surface area contributed by atoms with E-state index >= 15 is 0 Å². The third kappa shape index (κ3) is 4.24. The van der Waals surface area contributed by atoms with E-state index in [1.54, 1.807) is 0 Å². The maximum Gasteiger partial charge on any atom is 0.00732 e. The van der Waals surface area contributed by atoms with Crippen molar-refractivity contribution < 1.29 is 0 Å². The SMILES string of the molecule is C=CCC(C)NCCc1ccccc1. The first-order chi connectivity index (χ1) is 6.83. The van der Waals surface area contributed by atoms with Crippen LogP contribution in [0.5, 0.6) is 0 Å². The lowest BCUT2D eigenvalue weighted by Gasteiger charge is -2.11. The molecule has 0 aromatic heterocycles. The van der Waals surface area contributed by atoms with Crippen LogP contribution in [-0.4, -0.2) is 12.6 Å². The van der Waals surface area contributed by atoms with E-state index in [2.05, 4.69) is 49.2 Å². The Morgan fingerprint density at radius 3 is 2.71 bits per heavy atom. The molecule has 0 bridgehead atoms. The van der Waals surface area contributed by atoms with Gasteiger partial charge in [0, 0.05) is 6.04 Å². The number of benzene rings is 1. The molecule has 0 saturated heterocycles. The minimum atomic E-state index is 0.538. The third-order valence-electron chi connectivity index (χ3n) is 2.27. The van der Waals surface area contributed by atoms with Crippen molar-refractivity contribution in [2.24, 2.45) is 0 Å². The molecule has 0 amide bonds. The van der Waals surface area contributed by atoms with Crippen molar-refractivity contribution in [2.75, 3.05) is 6.54 Å². The van der Waals surface area contributed by atoms with Gasteiger partial charge in [-0.1, -0.05) is 36.4 Å². The smallest absolute Gasteiger partial charge is 0.00732 e. The molecular formula is C13H19N. The number of nitrogens with one attached hydrogen (secondary N) is 1. The van der Waals surface area contributed by atoms with E-state index in [9.17, 15) is 0 Å². The maximum atomic E-state index is 3.73. The van der Waals surface area contributed by atoms with Gasteiger partial charge >= 0.3 is 0 Å². The molecule has 0 aliphatic heterocycles. The lowest BCUT2D eigenvalue weighted by Crippen LogP contribution is -2.27. The van der Waals surface area contributed by atoms with Crippen molar-refractivity contribution in [3.8, 4) is 0 Å². The second-order valence-electron chi connectivity index (χ2n) is 3.62.